The molecule has 2 atom stereocenters. The number of carbonyl (C=O) groups is 1. The third kappa shape index (κ3) is 4.48. The lowest BCUT2D eigenvalue weighted by Gasteiger charge is -2.40. The van der Waals surface area contributed by atoms with Crippen molar-refractivity contribution < 1.29 is 23.8 Å². The number of hydrogen-bond donors (Lipinski definition) is 3. The Kier molecular flexibility index (Phi) is 6.63. The molecule has 0 saturated heterocycles. The van der Waals surface area contributed by atoms with Crippen LogP contribution in [0.3, 0.4) is 0 Å². The van der Waals surface area contributed by atoms with Crippen LogP contribution in [-0.4, -0.2) is 40.7 Å². The van der Waals surface area contributed by atoms with Crippen molar-refractivity contribution in [3.63, 3.8) is 0 Å². The van der Waals surface area contributed by atoms with Crippen LogP contribution in [-0.2, 0) is 22.5 Å². The molecule has 8 heteroatoms. The number of carbonyl (C=O) groups excluding carboxylic acids is 1. The van der Waals surface area contributed by atoms with Crippen molar-refractivity contribution in [2.75, 3.05) is 19.7 Å². The molecule has 0 spiro atoms. The summed E-state index contributed by atoms with van der Waals surface area (Å²) in [6.45, 7) is 0.276. The summed E-state index contributed by atoms with van der Waals surface area (Å²) in [6.07, 6.45) is 1.34. The molecule has 0 bridgehead atoms. The largest absolute Gasteiger partial charge is 0.395 e. The summed E-state index contributed by atoms with van der Waals surface area (Å²) in [5, 5.41) is 23.0. The molecule has 0 saturated carbocycles. The summed E-state index contributed by atoms with van der Waals surface area (Å²) >= 11 is 6.00. The van der Waals surface area contributed by atoms with Gasteiger partial charge in [-0.05, 0) is 43.0 Å². The van der Waals surface area contributed by atoms with Crippen molar-refractivity contribution in [1.29, 1.82) is 0 Å². The number of aromatic nitrogens is 1. The lowest BCUT2D eigenvalue weighted by molar-refractivity contribution is -0.134. The maximum atomic E-state index is 15.9. The van der Waals surface area contributed by atoms with Crippen LogP contribution in [0.1, 0.15) is 36.1 Å². The molecule has 1 aliphatic carbocycles. The summed E-state index contributed by atoms with van der Waals surface area (Å²) in [4.78, 5) is 17.0. The molecule has 1 aromatic carbocycles. The zero-order chi connectivity index (χ0) is 21.1. The Labute approximate surface area is 172 Å². The highest BCUT2D eigenvalue weighted by molar-refractivity contribution is 6.31. The first-order chi connectivity index (χ1) is 13.8. The van der Waals surface area contributed by atoms with E-state index in [0.29, 0.717) is 5.56 Å². The Hall–Kier alpha value is -1.93. The summed E-state index contributed by atoms with van der Waals surface area (Å²) in [7, 11) is 0. The van der Waals surface area contributed by atoms with Gasteiger partial charge >= 0.3 is 0 Å². The summed E-state index contributed by atoms with van der Waals surface area (Å²) in [6, 6.07) is 6.89. The fraction of sp³-hybridized carbons (Fsp3) is 0.429. The van der Waals surface area contributed by atoms with Crippen molar-refractivity contribution >= 4 is 17.4 Å². The average molecular weight is 425 g/mol. The smallest absolute Gasteiger partial charge is 0.195 e. The van der Waals surface area contributed by atoms with Gasteiger partial charge in [0.25, 0.3) is 0 Å². The third-order valence-corrected chi connectivity index (χ3v) is 5.69. The second-order valence-electron chi connectivity index (χ2n) is 7.29. The van der Waals surface area contributed by atoms with Gasteiger partial charge in [-0.1, -0.05) is 23.7 Å². The van der Waals surface area contributed by atoms with E-state index in [1.165, 1.54) is 30.5 Å². The molecule has 0 amide bonds. The Morgan fingerprint density at radius 3 is 2.83 bits per heavy atom. The van der Waals surface area contributed by atoms with Crippen LogP contribution in [0.5, 0.6) is 0 Å². The molecular weight excluding hydrogens is 402 g/mol. The molecule has 3 N–H and O–H groups in total. The van der Waals surface area contributed by atoms with Crippen LogP contribution in [0.25, 0.3) is 0 Å². The number of nitrogens with one attached hydrogen (secondary N) is 1. The first-order valence-corrected chi connectivity index (χ1v) is 9.84. The molecule has 29 heavy (non-hydrogen) atoms. The van der Waals surface area contributed by atoms with Crippen molar-refractivity contribution in [3.05, 3.63) is 64.2 Å². The number of pyridine rings is 1. The summed E-state index contributed by atoms with van der Waals surface area (Å²) in [5.74, 6) is -1.11. The molecule has 1 aromatic heterocycles. The molecule has 0 fully saturated rings. The normalized spacial score (nSPS) is 23.6. The number of alkyl halides is 1. The second-order valence-corrected chi connectivity index (χ2v) is 7.70. The summed E-state index contributed by atoms with van der Waals surface area (Å²) < 4.78 is 29.1. The van der Waals surface area contributed by atoms with Gasteiger partial charge < -0.3 is 15.5 Å². The predicted molar refractivity (Wildman–Crippen MR) is 105 cm³/mol. The molecule has 3 rings (SSSR count). The lowest BCUT2D eigenvalue weighted by atomic mass is 9.72. The number of halogens is 3. The van der Waals surface area contributed by atoms with Crippen LogP contribution in [0.4, 0.5) is 8.78 Å². The van der Waals surface area contributed by atoms with Gasteiger partial charge in [0, 0.05) is 36.3 Å². The van der Waals surface area contributed by atoms with Gasteiger partial charge in [0.05, 0.1) is 12.3 Å². The van der Waals surface area contributed by atoms with Crippen LogP contribution < -0.4 is 5.32 Å². The SMILES string of the molecule is O=C(CCc1ccc(F)cc1Cl)[C@]1(F)CC[C@@](O)(CNCCO)c2ncccc21. The number of Topliss-reactive ketones (excluding diaryl/α,β-unsaturated/α-hetero) is 1. The first-order valence-electron chi connectivity index (χ1n) is 9.46. The van der Waals surface area contributed by atoms with Gasteiger partial charge in [0.2, 0.25) is 0 Å². The number of fused-ring (bicyclic) bond motifs is 1. The van der Waals surface area contributed by atoms with E-state index in [4.69, 9.17) is 16.7 Å². The highest BCUT2D eigenvalue weighted by atomic mass is 35.5. The van der Waals surface area contributed by atoms with E-state index in [0.717, 1.165) is 6.07 Å². The van der Waals surface area contributed by atoms with Crippen molar-refractivity contribution in [3.8, 4) is 0 Å². The zero-order valence-electron chi connectivity index (χ0n) is 15.8. The number of ketones is 1. The van der Waals surface area contributed by atoms with Crippen LogP contribution >= 0.6 is 11.6 Å². The van der Waals surface area contributed by atoms with Gasteiger partial charge in [0.1, 0.15) is 11.4 Å². The lowest BCUT2D eigenvalue weighted by Crippen LogP contribution is -2.48. The second kappa shape index (κ2) is 8.83. The fourth-order valence-corrected chi connectivity index (χ4v) is 4.00. The molecular formula is C21H23ClF2N2O3. The van der Waals surface area contributed by atoms with Crippen LogP contribution in [0.15, 0.2) is 36.5 Å². The topological polar surface area (TPSA) is 82.5 Å². The molecule has 0 unspecified atom stereocenters. The van der Waals surface area contributed by atoms with E-state index in [-0.39, 0.29) is 61.7 Å². The predicted octanol–water partition coefficient (Wildman–Crippen LogP) is 2.80. The molecule has 1 heterocycles. The van der Waals surface area contributed by atoms with E-state index in [9.17, 15) is 14.3 Å². The minimum atomic E-state index is -2.26. The van der Waals surface area contributed by atoms with Crippen LogP contribution in [0.2, 0.25) is 5.02 Å². The highest BCUT2D eigenvalue weighted by Crippen LogP contribution is 2.46. The molecule has 2 aromatic rings. The monoisotopic (exact) mass is 424 g/mol. The Balaban J connectivity index is 1.81. The highest BCUT2D eigenvalue weighted by Gasteiger charge is 2.51. The molecule has 0 radical (unpaired) electrons. The minimum absolute atomic E-state index is 0.00891. The zero-order valence-corrected chi connectivity index (χ0v) is 16.6. The number of nitrogens with zero attached hydrogens (tertiary/aromatic N) is 1. The molecule has 156 valence electrons. The van der Waals surface area contributed by atoms with E-state index < -0.39 is 22.9 Å². The Morgan fingerprint density at radius 2 is 2.10 bits per heavy atom. The molecule has 0 aliphatic heterocycles. The fourth-order valence-electron chi connectivity index (χ4n) is 3.73. The Morgan fingerprint density at radius 1 is 1.31 bits per heavy atom. The summed E-state index contributed by atoms with van der Waals surface area (Å²) in [5.41, 5.74) is -2.93. The van der Waals surface area contributed by atoms with Gasteiger partial charge in [0.15, 0.2) is 11.5 Å². The Bertz CT molecular complexity index is 898. The van der Waals surface area contributed by atoms with Gasteiger partial charge in [-0.25, -0.2) is 8.78 Å². The number of hydrogen-bond acceptors (Lipinski definition) is 5. The minimum Gasteiger partial charge on any atom is -0.395 e. The standard InChI is InChI=1S/C21H23ClF2N2O3/c22-17-12-15(23)5-3-14(17)4-6-18(28)21(24)8-7-20(29,13-25-10-11-27)19-16(21)2-1-9-26-19/h1-3,5,9,12,25,27,29H,4,6-8,10-11,13H2/t20-,21+/m1/s1. The third-order valence-electron chi connectivity index (χ3n) is 5.34. The van der Waals surface area contributed by atoms with E-state index in [2.05, 4.69) is 10.3 Å². The quantitative estimate of drug-likeness (QED) is 0.568. The number of aliphatic hydroxyl groups excluding tert-OH is 1. The first kappa shape index (κ1) is 21.8. The van der Waals surface area contributed by atoms with E-state index >= 15 is 4.39 Å². The number of aliphatic hydroxyl groups is 2. The maximum absolute atomic E-state index is 15.9. The van der Waals surface area contributed by atoms with E-state index in [1.807, 2.05) is 0 Å². The number of benzene rings is 1. The van der Waals surface area contributed by atoms with Crippen LogP contribution in [0, 0.1) is 5.82 Å². The maximum Gasteiger partial charge on any atom is 0.195 e. The molecule has 1 aliphatic rings. The average Bonchev–Trinajstić information content (AvgIpc) is 2.71. The van der Waals surface area contributed by atoms with Crippen molar-refractivity contribution in [2.45, 2.75) is 37.0 Å². The van der Waals surface area contributed by atoms with Crippen molar-refractivity contribution in [2.24, 2.45) is 0 Å². The van der Waals surface area contributed by atoms with Gasteiger partial charge in [-0.15, -0.1) is 0 Å². The van der Waals surface area contributed by atoms with Crippen molar-refractivity contribution in [1.82, 2.24) is 10.3 Å². The van der Waals surface area contributed by atoms with E-state index in [1.54, 1.807) is 0 Å². The number of aryl methyl sites for hydroxylation is 1. The number of rotatable bonds is 8. The molecule has 5 nitrogen and oxygen atoms in total. The van der Waals surface area contributed by atoms with Gasteiger partial charge in [-0.2, -0.15) is 0 Å². The van der Waals surface area contributed by atoms with Gasteiger partial charge in [-0.3, -0.25) is 9.78 Å².